The number of ether oxygens (including phenoxy) is 3. The van der Waals surface area contributed by atoms with E-state index in [0.717, 1.165) is 135 Å². The fraction of sp³-hybridized carbons (Fsp3) is 0.779. The van der Waals surface area contributed by atoms with E-state index >= 15 is 0 Å². The van der Waals surface area contributed by atoms with Crippen LogP contribution in [-0.4, -0.2) is 37.2 Å². The maximum atomic E-state index is 12.9. The molecule has 0 aliphatic heterocycles. The molecular weight excluding hydrogens is 1020 g/mol. The Morgan fingerprint density at radius 1 is 0.253 bits per heavy atom. The van der Waals surface area contributed by atoms with E-state index in [1.165, 1.54) is 193 Å². The average molecular weight is 1160 g/mol. The molecule has 0 radical (unpaired) electrons. The third-order valence-corrected chi connectivity index (χ3v) is 15.9. The first-order valence-corrected chi connectivity index (χ1v) is 36.1. The first-order chi connectivity index (χ1) is 41.0. The molecule has 1 unspecified atom stereocenters. The van der Waals surface area contributed by atoms with Gasteiger partial charge in [0.1, 0.15) is 13.2 Å². The Hall–Kier alpha value is -3.41. The van der Waals surface area contributed by atoms with Crippen LogP contribution in [0.1, 0.15) is 367 Å². The second-order valence-corrected chi connectivity index (χ2v) is 24.1. The minimum atomic E-state index is -0.798. The lowest BCUT2D eigenvalue weighted by atomic mass is 10.0. The molecule has 0 N–H and O–H groups in total. The van der Waals surface area contributed by atoms with Gasteiger partial charge in [-0.25, -0.2) is 0 Å². The van der Waals surface area contributed by atoms with Gasteiger partial charge in [-0.2, -0.15) is 0 Å². The quantitative estimate of drug-likeness (QED) is 0.0261. The highest BCUT2D eigenvalue weighted by Gasteiger charge is 2.19. The fourth-order valence-electron chi connectivity index (χ4n) is 10.6. The molecule has 0 spiro atoms. The molecule has 0 amide bonds. The number of rotatable bonds is 66. The molecule has 0 aliphatic rings. The predicted octanol–water partition coefficient (Wildman–Crippen LogP) is 25.0. The first-order valence-electron chi connectivity index (χ1n) is 36.1. The highest BCUT2D eigenvalue weighted by molar-refractivity contribution is 5.71. The number of hydrogen-bond donors (Lipinski definition) is 0. The van der Waals surface area contributed by atoms with E-state index in [1.54, 1.807) is 0 Å². The summed E-state index contributed by atoms with van der Waals surface area (Å²) >= 11 is 0. The predicted molar refractivity (Wildman–Crippen MR) is 362 cm³/mol. The highest BCUT2D eigenvalue weighted by Crippen LogP contribution is 2.18. The van der Waals surface area contributed by atoms with Gasteiger partial charge in [0.05, 0.1) is 0 Å². The van der Waals surface area contributed by atoms with Crippen molar-refractivity contribution in [1.29, 1.82) is 0 Å². The van der Waals surface area contributed by atoms with Gasteiger partial charge in [0.15, 0.2) is 6.10 Å². The van der Waals surface area contributed by atoms with E-state index in [4.69, 9.17) is 14.2 Å². The van der Waals surface area contributed by atoms with Crippen LogP contribution in [0.4, 0.5) is 0 Å². The average Bonchev–Trinajstić information content (AvgIpc) is 3.49. The third kappa shape index (κ3) is 69.3. The third-order valence-electron chi connectivity index (χ3n) is 15.9. The fourth-order valence-corrected chi connectivity index (χ4v) is 10.6. The number of hydrogen-bond acceptors (Lipinski definition) is 6. The van der Waals surface area contributed by atoms with Crippen molar-refractivity contribution in [3.8, 4) is 0 Å². The van der Waals surface area contributed by atoms with Crippen molar-refractivity contribution in [1.82, 2.24) is 0 Å². The minimum Gasteiger partial charge on any atom is -0.462 e. The van der Waals surface area contributed by atoms with Gasteiger partial charge in [0, 0.05) is 19.3 Å². The molecule has 83 heavy (non-hydrogen) atoms. The zero-order valence-corrected chi connectivity index (χ0v) is 55.2. The number of allylic oxidation sites excluding steroid dienone is 14. The van der Waals surface area contributed by atoms with E-state index in [2.05, 4.69) is 106 Å². The number of carbonyl (C=O) groups is 3. The molecule has 0 aromatic rings. The zero-order valence-electron chi connectivity index (χ0n) is 55.2. The molecule has 0 rings (SSSR count). The summed E-state index contributed by atoms with van der Waals surface area (Å²) in [6.45, 7) is 6.43. The van der Waals surface area contributed by atoms with Crippen molar-refractivity contribution in [2.24, 2.45) is 0 Å². The molecule has 6 heteroatoms. The maximum absolute atomic E-state index is 12.9. The Morgan fingerprint density at radius 2 is 0.470 bits per heavy atom. The number of unbranched alkanes of at least 4 members (excludes halogenated alkanes) is 41. The molecule has 0 saturated carbocycles. The van der Waals surface area contributed by atoms with Gasteiger partial charge in [-0.15, -0.1) is 0 Å². The second kappa shape index (κ2) is 71.1. The maximum Gasteiger partial charge on any atom is 0.306 e. The normalized spacial score (nSPS) is 12.6. The molecule has 6 nitrogen and oxygen atoms in total. The van der Waals surface area contributed by atoms with Crippen LogP contribution in [0.5, 0.6) is 0 Å². The van der Waals surface area contributed by atoms with E-state index in [-0.39, 0.29) is 31.1 Å². The smallest absolute Gasteiger partial charge is 0.306 e. The Balaban J connectivity index is 4.17. The Kier molecular flexibility index (Phi) is 68.2. The van der Waals surface area contributed by atoms with Crippen LogP contribution in [-0.2, 0) is 28.6 Å². The molecule has 0 saturated heterocycles. The molecule has 480 valence electrons. The van der Waals surface area contributed by atoms with Crippen molar-refractivity contribution in [2.45, 2.75) is 374 Å². The first kappa shape index (κ1) is 79.6. The van der Waals surface area contributed by atoms with Crippen molar-refractivity contribution in [2.75, 3.05) is 13.2 Å². The van der Waals surface area contributed by atoms with Gasteiger partial charge in [-0.3, -0.25) is 14.4 Å². The monoisotopic (exact) mass is 1160 g/mol. The van der Waals surface area contributed by atoms with Crippen LogP contribution >= 0.6 is 0 Å². The molecule has 1 atom stereocenters. The lowest BCUT2D eigenvalue weighted by Gasteiger charge is -2.18. The minimum absolute atomic E-state index is 0.0899. The van der Waals surface area contributed by atoms with E-state index in [0.29, 0.717) is 19.3 Å². The zero-order chi connectivity index (χ0) is 59.9. The SMILES string of the molecule is CC/C=C\C/C=C\C/C=C\C/C=C\CCCCCCC(=O)OC(COC(=O)CCCCCCC/C=C\C/C=C\C/C=C\CC)COC(=O)CCCCCCCCCCCCCCCCCCCCCCCCCCCCCCCCCCC. The van der Waals surface area contributed by atoms with Gasteiger partial charge in [-0.1, -0.05) is 343 Å². The Labute approximate surface area is 515 Å². The van der Waals surface area contributed by atoms with Crippen LogP contribution in [0.3, 0.4) is 0 Å². The summed E-state index contributed by atoms with van der Waals surface area (Å²) in [5.74, 6) is -0.916. The van der Waals surface area contributed by atoms with E-state index in [1.807, 2.05) is 0 Å². The Morgan fingerprint density at radius 3 is 0.735 bits per heavy atom. The second-order valence-electron chi connectivity index (χ2n) is 24.1. The lowest BCUT2D eigenvalue weighted by molar-refractivity contribution is -0.167. The summed E-state index contributed by atoms with van der Waals surface area (Å²) in [5, 5.41) is 0. The highest BCUT2D eigenvalue weighted by atomic mass is 16.6. The Bertz CT molecular complexity index is 1570. The topological polar surface area (TPSA) is 78.9 Å². The summed E-state index contributed by atoms with van der Waals surface area (Å²) < 4.78 is 16.9. The van der Waals surface area contributed by atoms with Crippen molar-refractivity contribution in [3.05, 3.63) is 85.1 Å². The van der Waals surface area contributed by atoms with Crippen LogP contribution in [0, 0.1) is 0 Å². The van der Waals surface area contributed by atoms with Crippen molar-refractivity contribution >= 4 is 17.9 Å². The summed E-state index contributed by atoms with van der Waals surface area (Å²) in [6.07, 6.45) is 95.0. The summed E-state index contributed by atoms with van der Waals surface area (Å²) in [6, 6.07) is 0. The number of esters is 3. The van der Waals surface area contributed by atoms with Gasteiger partial charge in [0.25, 0.3) is 0 Å². The lowest BCUT2D eigenvalue weighted by Crippen LogP contribution is -2.30. The van der Waals surface area contributed by atoms with Gasteiger partial charge >= 0.3 is 17.9 Å². The number of carbonyl (C=O) groups excluding carboxylic acids is 3. The van der Waals surface area contributed by atoms with E-state index in [9.17, 15) is 14.4 Å². The molecule has 0 heterocycles. The summed E-state index contributed by atoms with van der Waals surface area (Å²) in [4.78, 5) is 38.4. The van der Waals surface area contributed by atoms with Crippen molar-refractivity contribution in [3.63, 3.8) is 0 Å². The molecule has 0 aromatic heterocycles. The summed E-state index contributed by atoms with van der Waals surface area (Å²) in [7, 11) is 0. The van der Waals surface area contributed by atoms with Gasteiger partial charge in [-0.05, 0) is 89.9 Å². The van der Waals surface area contributed by atoms with Crippen LogP contribution in [0.2, 0.25) is 0 Å². The van der Waals surface area contributed by atoms with Crippen LogP contribution in [0.25, 0.3) is 0 Å². The van der Waals surface area contributed by atoms with E-state index < -0.39 is 6.10 Å². The molecule has 0 bridgehead atoms. The largest absolute Gasteiger partial charge is 0.462 e. The van der Waals surface area contributed by atoms with Crippen LogP contribution < -0.4 is 0 Å². The van der Waals surface area contributed by atoms with Gasteiger partial charge in [0.2, 0.25) is 0 Å². The summed E-state index contributed by atoms with van der Waals surface area (Å²) in [5.41, 5.74) is 0. The molecule has 0 aromatic carbocycles. The van der Waals surface area contributed by atoms with Crippen molar-refractivity contribution < 1.29 is 28.6 Å². The molecular formula is C77H136O6. The van der Waals surface area contributed by atoms with Crippen LogP contribution in [0.15, 0.2) is 85.1 Å². The molecule has 0 fully saturated rings. The molecule has 0 aliphatic carbocycles. The standard InChI is InChI=1S/C77H136O6/c1-4-7-10-13-16-19-22-25-28-30-31-32-33-34-35-36-37-38-39-40-41-42-43-44-45-47-49-52-55-58-61-64-67-70-76(79)82-73-74(72-81-75(78)69-66-63-60-57-54-51-48-27-24-21-18-15-12-9-6-3)83-77(80)71-68-65-62-59-56-53-50-46-29-26-23-20-17-14-11-8-5-2/h8-9,11-12,17-18,20-21,26-27,29,48,50,53,74H,4-7,10,13-16,19,22-25,28,30-47,49,51-52,54-73H2,1-3H3/b11-8-,12-9-,20-17-,21-18-,29-26-,48-27-,53-50-. The van der Waals surface area contributed by atoms with Gasteiger partial charge < -0.3 is 14.2 Å².